The lowest BCUT2D eigenvalue weighted by molar-refractivity contribution is 0.516. The molecule has 8 heteroatoms. The van der Waals surface area contributed by atoms with Gasteiger partial charge in [-0.1, -0.05) is 24.4 Å². The Morgan fingerprint density at radius 2 is 2.04 bits per heavy atom. The van der Waals surface area contributed by atoms with Crippen LogP contribution in [0, 0.1) is 12.7 Å². The minimum Gasteiger partial charge on any atom is -0.324 e. The van der Waals surface area contributed by atoms with Crippen molar-refractivity contribution in [1.29, 1.82) is 0 Å². The van der Waals surface area contributed by atoms with Crippen molar-refractivity contribution in [2.75, 3.05) is 11.6 Å². The zero-order valence-corrected chi connectivity index (χ0v) is 17.2. The summed E-state index contributed by atoms with van der Waals surface area (Å²) in [6.07, 6.45) is 7.52. The van der Waals surface area contributed by atoms with E-state index in [0.717, 1.165) is 31.2 Å². The second-order valence-corrected chi connectivity index (χ2v) is 8.26. The number of pyridine rings is 1. The van der Waals surface area contributed by atoms with Crippen LogP contribution in [0.2, 0.25) is 5.02 Å². The fourth-order valence-electron chi connectivity index (χ4n) is 3.71. The third kappa shape index (κ3) is 3.49. The highest BCUT2D eigenvalue weighted by Crippen LogP contribution is 2.32. The number of aromatic nitrogens is 3. The van der Waals surface area contributed by atoms with E-state index in [-0.39, 0.29) is 22.4 Å². The fraction of sp³-hybridized carbons (Fsp3) is 0.350. The predicted molar refractivity (Wildman–Crippen MR) is 113 cm³/mol. The molecule has 0 bridgehead atoms. The maximum Gasteiger partial charge on any atom is 0.271 e. The standard InChI is InChI=1S/C20H20ClFN4OS/c1-11-7-17(28-2)15(22)9-16(11)24-20-23-10-12-8-14(21)19(27)26(18(12)25-20)13-5-3-4-6-13/h7-10,13H,3-6H2,1-2H3,(H,23,24,25). The van der Waals surface area contributed by atoms with Crippen LogP contribution >= 0.6 is 23.4 Å². The third-order valence-electron chi connectivity index (χ3n) is 5.16. The van der Waals surface area contributed by atoms with Crippen molar-refractivity contribution in [3.8, 4) is 0 Å². The first-order valence-corrected chi connectivity index (χ1v) is 10.8. The van der Waals surface area contributed by atoms with E-state index in [4.69, 9.17) is 11.6 Å². The molecule has 2 heterocycles. The highest BCUT2D eigenvalue weighted by Gasteiger charge is 2.22. The van der Waals surface area contributed by atoms with Crippen LogP contribution in [-0.4, -0.2) is 20.8 Å². The predicted octanol–water partition coefficient (Wildman–Crippen LogP) is 5.47. The zero-order chi connectivity index (χ0) is 19.8. The Morgan fingerprint density at radius 3 is 2.75 bits per heavy atom. The normalized spacial score (nSPS) is 14.7. The van der Waals surface area contributed by atoms with Crippen LogP contribution in [-0.2, 0) is 0 Å². The molecule has 0 aliphatic heterocycles. The molecule has 0 atom stereocenters. The van der Waals surface area contributed by atoms with E-state index in [9.17, 15) is 9.18 Å². The van der Waals surface area contributed by atoms with E-state index in [0.29, 0.717) is 27.6 Å². The number of nitrogens with zero attached hydrogens (tertiary/aromatic N) is 3. The average Bonchev–Trinajstić information content (AvgIpc) is 3.20. The van der Waals surface area contributed by atoms with E-state index in [1.165, 1.54) is 17.8 Å². The molecule has 1 saturated carbocycles. The number of hydrogen-bond donors (Lipinski definition) is 1. The van der Waals surface area contributed by atoms with Gasteiger partial charge < -0.3 is 5.32 Å². The molecule has 1 N–H and O–H groups in total. The number of hydrogen-bond acceptors (Lipinski definition) is 5. The number of anilines is 2. The number of halogens is 2. The second kappa shape index (κ2) is 7.72. The van der Waals surface area contributed by atoms with E-state index in [1.807, 2.05) is 13.2 Å². The number of rotatable bonds is 4. The molecule has 1 fully saturated rings. The monoisotopic (exact) mass is 418 g/mol. The van der Waals surface area contributed by atoms with E-state index in [1.54, 1.807) is 22.9 Å². The van der Waals surface area contributed by atoms with Crippen molar-refractivity contribution in [2.45, 2.75) is 43.5 Å². The van der Waals surface area contributed by atoms with Gasteiger partial charge in [-0.05, 0) is 49.8 Å². The Bertz CT molecular complexity index is 1110. The van der Waals surface area contributed by atoms with Crippen LogP contribution in [0.5, 0.6) is 0 Å². The molecule has 0 spiro atoms. The molecule has 0 saturated heterocycles. The van der Waals surface area contributed by atoms with Gasteiger partial charge >= 0.3 is 0 Å². The Morgan fingerprint density at radius 1 is 1.29 bits per heavy atom. The summed E-state index contributed by atoms with van der Waals surface area (Å²) in [4.78, 5) is 22.2. The number of fused-ring (bicyclic) bond motifs is 1. The van der Waals surface area contributed by atoms with Crippen molar-refractivity contribution < 1.29 is 4.39 Å². The first-order chi connectivity index (χ1) is 13.5. The number of nitrogens with one attached hydrogen (secondary N) is 1. The molecule has 146 valence electrons. The van der Waals surface area contributed by atoms with Gasteiger partial charge in [0.2, 0.25) is 5.95 Å². The van der Waals surface area contributed by atoms with Crippen molar-refractivity contribution >= 4 is 46.0 Å². The molecule has 0 unspecified atom stereocenters. The molecule has 0 amide bonds. The Hall–Kier alpha value is -2.12. The summed E-state index contributed by atoms with van der Waals surface area (Å²) in [7, 11) is 0. The molecule has 4 rings (SSSR count). The van der Waals surface area contributed by atoms with Crippen molar-refractivity contribution in [2.24, 2.45) is 0 Å². The first kappa shape index (κ1) is 19.2. The molecule has 3 aromatic rings. The highest BCUT2D eigenvalue weighted by molar-refractivity contribution is 7.98. The maximum atomic E-state index is 14.2. The lowest BCUT2D eigenvalue weighted by Crippen LogP contribution is -2.25. The fourth-order valence-corrected chi connectivity index (χ4v) is 4.47. The lowest BCUT2D eigenvalue weighted by Gasteiger charge is -2.17. The Labute approximate surface area is 171 Å². The molecule has 2 aromatic heterocycles. The molecule has 1 aliphatic carbocycles. The van der Waals surface area contributed by atoms with Crippen LogP contribution in [0.15, 0.2) is 34.1 Å². The summed E-state index contributed by atoms with van der Waals surface area (Å²) in [5.74, 6) is 0.0245. The molecule has 1 aromatic carbocycles. The van der Waals surface area contributed by atoms with Gasteiger partial charge in [0, 0.05) is 28.2 Å². The van der Waals surface area contributed by atoms with Gasteiger partial charge in [-0.15, -0.1) is 11.8 Å². The van der Waals surface area contributed by atoms with Gasteiger partial charge in [0.05, 0.1) is 0 Å². The van der Waals surface area contributed by atoms with Gasteiger partial charge in [-0.25, -0.2) is 9.37 Å². The largest absolute Gasteiger partial charge is 0.324 e. The van der Waals surface area contributed by atoms with Crippen molar-refractivity contribution in [1.82, 2.24) is 14.5 Å². The van der Waals surface area contributed by atoms with E-state index < -0.39 is 0 Å². The van der Waals surface area contributed by atoms with Crippen molar-refractivity contribution in [3.63, 3.8) is 0 Å². The number of aryl methyl sites for hydroxylation is 1. The third-order valence-corrected chi connectivity index (χ3v) is 6.19. The summed E-state index contributed by atoms with van der Waals surface area (Å²) >= 11 is 7.52. The van der Waals surface area contributed by atoms with Crippen LogP contribution in [0.3, 0.4) is 0 Å². The molecular weight excluding hydrogens is 399 g/mol. The second-order valence-electron chi connectivity index (χ2n) is 7.00. The lowest BCUT2D eigenvalue weighted by atomic mass is 10.2. The summed E-state index contributed by atoms with van der Waals surface area (Å²) < 4.78 is 15.9. The summed E-state index contributed by atoms with van der Waals surface area (Å²) in [5.41, 5.74) is 1.81. The SMILES string of the molecule is CSc1cc(C)c(Nc2ncc3cc(Cl)c(=O)n(C4CCCC4)c3n2)cc1F. The van der Waals surface area contributed by atoms with Crippen LogP contribution in [0.4, 0.5) is 16.0 Å². The van der Waals surface area contributed by atoms with E-state index >= 15 is 0 Å². The Balaban J connectivity index is 1.79. The Kier molecular flexibility index (Phi) is 5.29. The summed E-state index contributed by atoms with van der Waals surface area (Å²) in [5, 5.41) is 3.97. The molecular formula is C20H20ClFN4OS. The summed E-state index contributed by atoms with van der Waals surface area (Å²) in [6.45, 7) is 1.90. The smallest absolute Gasteiger partial charge is 0.271 e. The van der Waals surface area contributed by atoms with Crippen LogP contribution in [0.1, 0.15) is 37.3 Å². The first-order valence-electron chi connectivity index (χ1n) is 9.17. The summed E-state index contributed by atoms with van der Waals surface area (Å²) in [6, 6.07) is 4.93. The highest BCUT2D eigenvalue weighted by atomic mass is 35.5. The van der Waals surface area contributed by atoms with Gasteiger partial charge in [-0.2, -0.15) is 4.98 Å². The molecule has 0 radical (unpaired) electrons. The minimum absolute atomic E-state index is 0.0940. The molecule has 28 heavy (non-hydrogen) atoms. The number of benzene rings is 1. The van der Waals surface area contributed by atoms with E-state index in [2.05, 4.69) is 15.3 Å². The van der Waals surface area contributed by atoms with Crippen LogP contribution in [0.25, 0.3) is 11.0 Å². The topological polar surface area (TPSA) is 59.8 Å². The van der Waals surface area contributed by atoms with Crippen LogP contribution < -0.4 is 10.9 Å². The molecule has 5 nitrogen and oxygen atoms in total. The number of thioether (sulfide) groups is 1. The van der Waals surface area contributed by atoms with Gasteiger partial charge in [-0.3, -0.25) is 9.36 Å². The molecule has 1 aliphatic rings. The van der Waals surface area contributed by atoms with Crippen molar-refractivity contribution in [3.05, 3.63) is 51.2 Å². The minimum atomic E-state index is -0.295. The van der Waals surface area contributed by atoms with Gasteiger partial charge in [0.15, 0.2) is 0 Å². The zero-order valence-electron chi connectivity index (χ0n) is 15.6. The maximum absolute atomic E-state index is 14.2. The average molecular weight is 419 g/mol. The van der Waals surface area contributed by atoms with Gasteiger partial charge in [0.1, 0.15) is 16.5 Å². The van der Waals surface area contributed by atoms with Gasteiger partial charge in [0.25, 0.3) is 5.56 Å². The quantitative estimate of drug-likeness (QED) is 0.569.